The molecule has 0 aliphatic carbocycles. The van der Waals surface area contributed by atoms with E-state index in [9.17, 15) is 9.90 Å². The number of hydrogen-bond acceptors (Lipinski definition) is 4. The molecule has 2 aromatic carbocycles. The van der Waals surface area contributed by atoms with Crippen LogP contribution in [0.25, 0.3) is 0 Å². The van der Waals surface area contributed by atoms with E-state index in [1.807, 2.05) is 38.1 Å². The number of aromatic nitrogens is 1. The van der Waals surface area contributed by atoms with Gasteiger partial charge in [-0.2, -0.15) is 0 Å². The van der Waals surface area contributed by atoms with E-state index >= 15 is 0 Å². The van der Waals surface area contributed by atoms with Crippen LogP contribution in [0.2, 0.25) is 0 Å². The Morgan fingerprint density at radius 2 is 1.74 bits per heavy atom. The fourth-order valence-electron chi connectivity index (χ4n) is 4.09. The lowest BCUT2D eigenvalue weighted by atomic mass is 10.1. The second kappa shape index (κ2) is 9.71. The molecule has 6 nitrogen and oxygen atoms in total. The highest BCUT2D eigenvalue weighted by Crippen LogP contribution is 2.31. The highest BCUT2D eigenvalue weighted by molar-refractivity contribution is 5.91. The van der Waals surface area contributed by atoms with Gasteiger partial charge in [-0.05, 0) is 32.4 Å². The molecule has 0 saturated carbocycles. The standard InChI is InChI=1S/C25H30N2O4/c1-16-8-6-9-19(12-16)15-27-17(2)21(23(18(27)3)25(28)29)14-26-13-20-10-7-11-22(30-4)24(20)31-5/h6-12,26H,13-15H2,1-5H3,(H,28,29). The summed E-state index contributed by atoms with van der Waals surface area (Å²) in [6.45, 7) is 7.53. The molecule has 3 rings (SSSR count). The zero-order valence-corrected chi connectivity index (χ0v) is 18.8. The van der Waals surface area contributed by atoms with E-state index in [-0.39, 0.29) is 0 Å². The van der Waals surface area contributed by atoms with Crippen molar-refractivity contribution in [3.8, 4) is 11.5 Å². The van der Waals surface area contributed by atoms with Gasteiger partial charge < -0.3 is 24.5 Å². The summed E-state index contributed by atoms with van der Waals surface area (Å²) < 4.78 is 12.9. The highest BCUT2D eigenvalue weighted by atomic mass is 16.5. The van der Waals surface area contributed by atoms with E-state index in [1.165, 1.54) is 5.56 Å². The molecule has 0 bridgehead atoms. The molecule has 0 amide bonds. The Hall–Kier alpha value is -3.25. The monoisotopic (exact) mass is 422 g/mol. The van der Waals surface area contributed by atoms with Crippen LogP contribution in [-0.2, 0) is 19.6 Å². The number of para-hydroxylation sites is 1. The first-order chi connectivity index (χ1) is 14.9. The smallest absolute Gasteiger partial charge is 0.337 e. The number of carbonyl (C=O) groups is 1. The molecule has 0 unspecified atom stereocenters. The molecule has 6 heteroatoms. The maximum atomic E-state index is 12.1. The van der Waals surface area contributed by atoms with Gasteiger partial charge in [0.1, 0.15) is 0 Å². The average molecular weight is 423 g/mol. The number of methoxy groups -OCH3 is 2. The van der Waals surface area contributed by atoms with Crippen molar-refractivity contribution in [3.63, 3.8) is 0 Å². The van der Waals surface area contributed by atoms with Crippen molar-refractivity contribution in [3.05, 3.63) is 81.7 Å². The second-order valence-electron chi connectivity index (χ2n) is 7.66. The van der Waals surface area contributed by atoms with E-state index in [4.69, 9.17) is 9.47 Å². The molecule has 164 valence electrons. The van der Waals surface area contributed by atoms with Crippen molar-refractivity contribution in [2.45, 2.75) is 40.4 Å². The number of hydrogen-bond donors (Lipinski definition) is 2. The minimum Gasteiger partial charge on any atom is -0.493 e. The third-order valence-electron chi connectivity index (χ3n) is 5.65. The van der Waals surface area contributed by atoms with E-state index in [0.29, 0.717) is 36.7 Å². The molecule has 0 saturated heterocycles. The lowest BCUT2D eigenvalue weighted by molar-refractivity contribution is 0.0694. The summed E-state index contributed by atoms with van der Waals surface area (Å²) in [5.41, 5.74) is 6.19. The van der Waals surface area contributed by atoms with Crippen LogP contribution in [0, 0.1) is 20.8 Å². The van der Waals surface area contributed by atoms with Gasteiger partial charge in [0.05, 0.1) is 19.8 Å². The molecule has 0 fully saturated rings. The number of aromatic carboxylic acids is 1. The molecule has 0 aliphatic heterocycles. The molecule has 0 atom stereocenters. The van der Waals surface area contributed by atoms with E-state index in [0.717, 1.165) is 28.1 Å². The van der Waals surface area contributed by atoms with Crippen LogP contribution in [0.4, 0.5) is 0 Å². The Labute approximate surface area is 183 Å². The predicted molar refractivity (Wildman–Crippen MR) is 121 cm³/mol. The van der Waals surface area contributed by atoms with Crippen LogP contribution in [-0.4, -0.2) is 29.9 Å². The van der Waals surface area contributed by atoms with Gasteiger partial charge in [-0.15, -0.1) is 0 Å². The normalized spacial score (nSPS) is 10.9. The molecule has 0 radical (unpaired) electrons. The largest absolute Gasteiger partial charge is 0.493 e. The van der Waals surface area contributed by atoms with Crippen molar-refractivity contribution in [2.75, 3.05) is 14.2 Å². The van der Waals surface area contributed by atoms with Crippen molar-refractivity contribution >= 4 is 5.97 Å². The maximum Gasteiger partial charge on any atom is 0.337 e. The van der Waals surface area contributed by atoms with Crippen LogP contribution >= 0.6 is 0 Å². The topological polar surface area (TPSA) is 72.7 Å². The van der Waals surface area contributed by atoms with Gasteiger partial charge in [-0.3, -0.25) is 0 Å². The fourth-order valence-corrected chi connectivity index (χ4v) is 4.09. The minimum atomic E-state index is -0.903. The molecule has 1 aromatic heterocycles. The van der Waals surface area contributed by atoms with E-state index in [1.54, 1.807) is 14.2 Å². The summed E-state index contributed by atoms with van der Waals surface area (Å²) in [5, 5.41) is 13.3. The van der Waals surface area contributed by atoms with Crippen LogP contribution in [0.3, 0.4) is 0 Å². The van der Waals surface area contributed by atoms with Gasteiger partial charge in [-0.25, -0.2) is 4.79 Å². The number of nitrogens with one attached hydrogen (secondary N) is 1. The Balaban J connectivity index is 1.85. The first-order valence-electron chi connectivity index (χ1n) is 10.2. The third kappa shape index (κ3) is 4.75. The summed E-state index contributed by atoms with van der Waals surface area (Å²) in [6, 6.07) is 14.0. The van der Waals surface area contributed by atoms with Crippen LogP contribution in [0.1, 0.15) is 44.0 Å². The first-order valence-corrected chi connectivity index (χ1v) is 10.2. The number of nitrogens with zero attached hydrogens (tertiary/aromatic N) is 1. The first kappa shape index (κ1) is 22.4. The van der Waals surface area contributed by atoms with Gasteiger partial charge in [0.15, 0.2) is 11.5 Å². The Bertz CT molecular complexity index is 1090. The molecular formula is C25H30N2O4. The van der Waals surface area contributed by atoms with Gasteiger partial charge in [0.25, 0.3) is 0 Å². The Morgan fingerprint density at radius 3 is 2.39 bits per heavy atom. The number of carboxylic acids is 1. The number of ether oxygens (including phenoxy) is 2. The maximum absolute atomic E-state index is 12.1. The number of benzene rings is 2. The van der Waals surface area contributed by atoms with E-state index in [2.05, 4.69) is 35.0 Å². The molecule has 3 aromatic rings. The predicted octanol–water partition coefficient (Wildman–Crippen LogP) is 4.47. The van der Waals surface area contributed by atoms with Crippen LogP contribution < -0.4 is 14.8 Å². The number of rotatable bonds is 9. The zero-order valence-electron chi connectivity index (χ0n) is 18.8. The fraction of sp³-hybridized carbons (Fsp3) is 0.320. The number of carboxylic acid groups (broad SMARTS) is 1. The summed E-state index contributed by atoms with van der Waals surface area (Å²) in [5.74, 6) is 0.449. The molecule has 1 heterocycles. The van der Waals surface area contributed by atoms with Gasteiger partial charge in [0.2, 0.25) is 0 Å². The summed E-state index contributed by atoms with van der Waals surface area (Å²) in [6.07, 6.45) is 0. The summed E-state index contributed by atoms with van der Waals surface area (Å²) in [4.78, 5) is 12.1. The molecular weight excluding hydrogens is 392 g/mol. The summed E-state index contributed by atoms with van der Waals surface area (Å²) in [7, 11) is 3.22. The zero-order chi connectivity index (χ0) is 22.5. The van der Waals surface area contributed by atoms with Crippen LogP contribution in [0.15, 0.2) is 42.5 Å². The van der Waals surface area contributed by atoms with E-state index < -0.39 is 5.97 Å². The second-order valence-corrected chi connectivity index (χ2v) is 7.66. The molecule has 31 heavy (non-hydrogen) atoms. The minimum absolute atomic E-state index is 0.371. The van der Waals surface area contributed by atoms with Gasteiger partial charge in [0, 0.05) is 42.1 Å². The average Bonchev–Trinajstić information content (AvgIpc) is 2.98. The quantitative estimate of drug-likeness (QED) is 0.532. The van der Waals surface area contributed by atoms with Crippen molar-refractivity contribution in [1.82, 2.24) is 9.88 Å². The Morgan fingerprint density at radius 1 is 1.00 bits per heavy atom. The van der Waals surface area contributed by atoms with Crippen molar-refractivity contribution < 1.29 is 19.4 Å². The van der Waals surface area contributed by atoms with Crippen LogP contribution in [0.5, 0.6) is 11.5 Å². The molecule has 0 aliphatic rings. The molecule has 0 spiro atoms. The van der Waals surface area contributed by atoms with Gasteiger partial charge in [-0.1, -0.05) is 42.0 Å². The lowest BCUT2D eigenvalue weighted by Crippen LogP contribution is -2.16. The molecule has 2 N–H and O–H groups in total. The summed E-state index contributed by atoms with van der Waals surface area (Å²) >= 11 is 0. The SMILES string of the molecule is COc1cccc(CNCc2c(C(=O)O)c(C)n(Cc3cccc(C)c3)c2C)c1OC. The Kier molecular flexibility index (Phi) is 7.02. The van der Waals surface area contributed by atoms with Crippen molar-refractivity contribution in [1.29, 1.82) is 0 Å². The number of aryl methyl sites for hydroxylation is 1. The van der Waals surface area contributed by atoms with Gasteiger partial charge >= 0.3 is 5.97 Å². The lowest BCUT2D eigenvalue weighted by Gasteiger charge is -2.13. The van der Waals surface area contributed by atoms with Crippen molar-refractivity contribution in [2.24, 2.45) is 0 Å². The third-order valence-corrected chi connectivity index (χ3v) is 5.65. The highest BCUT2D eigenvalue weighted by Gasteiger charge is 2.22.